The predicted octanol–water partition coefficient (Wildman–Crippen LogP) is 3.04. The number of hydrogen-bond donors (Lipinski definition) is 0. The molecule has 0 saturated carbocycles. The highest BCUT2D eigenvalue weighted by Crippen LogP contribution is 2.24. The summed E-state index contributed by atoms with van der Waals surface area (Å²) in [5.74, 6) is 0. The molecule has 1 heterocycles. The van der Waals surface area contributed by atoms with E-state index in [1.54, 1.807) is 56.3 Å². The fraction of sp³-hybridized carbons (Fsp3) is 0.474. The van der Waals surface area contributed by atoms with Crippen molar-refractivity contribution in [2.24, 2.45) is 0 Å². The van der Waals surface area contributed by atoms with E-state index >= 15 is 0 Å². The maximum absolute atomic E-state index is 12.9. The molecule has 0 amide bonds. The van der Waals surface area contributed by atoms with E-state index in [0.29, 0.717) is 16.0 Å². The molecule has 2 rings (SSSR count). The van der Waals surface area contributed by atoms with Crippen LogP contribution in [-0.2, 0) is 20.5 Å². The highest BCUT2D eigenvalue weighted by molar-refractivity contribution is 7.82. The first kappa shape index (κ1) is 21.1. The summed E-state index contributed by atoms with van der Waals surface area (Å²) in [7, 11) is 0.407. The SMILES string of the molecule is CC(C)OC(=O)OCN(C)/C=C\c1c(C=O)cccc1S(=O)N1CCCC1. The van der Waals surface area contributed by atoms with Gasteiger partial charge in [-0.05, 0) is 38.8 Å². The van der Waals surface area contributed by atoms with E-state index < -0.39 is 17.1 Å². The summed E-state index contributed by atoms with van der Waals surface area (Å²) >= 11 is 0. The summed E-state index contributed by atoms with van der Waals surface area (Å²) in [5.41, 5.74) is 1.07. The standard InChI is InChI=1S/C19H26N2O5S/c1-15(2)26-19(23)25-14-20(3)12-9-17-16(13-22)7-6-8-18(17)27(24)21-10-4-5-11-21/h6-9,12-13,15H,4-5,10-11,14H2,1-3H3/b12-9-. The number of aldehydes is 1. The van der Waals surface area contributed by atoms with Crippen molar-refractivity contribution in [3.63, 3.8) is 0 Å². The minimum atomic E-state index is -1.32. The van der Waals surface area contributed by atoms with E-state index in [4.69, 9.17) is 9.47 Å². The zero-order chi connectivity index (χ0) is 19.8. The molecule has 1 atom stereocenters. The Kier molecular flexibility index (Phi) is 7.99. The average molecular weight is 394 g/mol. The number of ether oxygens (including phenoxy) is 2. The summed E-state index contributed by atoms with van der Waals surface area (Å²) in [6.45, 7) is 5.04. The quantitative estimate of drug-likeness (QED) is 0.383. The normalized spacial score (nSPS) is 15.9. The summed E-state index contributed by atoms with van der Waals surface area (Å²) in [5, 5.41) is 0. The van der Waals surface area contributed by atoms with E-state index in [2.05, 4.69) is 0 Å². The van der Waals surface area contributed by atoms with Crippen LogP contribution in [-0.4, -0.2) is 58.8 Å². The van der Waals surface area contributed by atoms with E-state index in [1.807, 2.05) is 4.31 Å². The Morgan fingerprint density at radius 1 is 1.33 bits per heavy atom. The molecule has 27 heavy (non-hydrogen) atoms. The maximum Gasteiger partial charge on any atom is 0.510 e. The molecular formula is C19H26N2O5S. The fourth-order valence-corrected chi connectivity index (χ4v) is 4.05. The molecule has 1 unspecified atom stereocenters. The van der Waals surface area contributed by atoms with Crippen molar-refractivity contribution >= 4 is 29.5 Å². The Hall–Kier alpha value is -2.19. The van der Waals surface area contributed by atoms with Gasteiger partial charge >= 0.3 is 6.16 Å². The topological polar surface area (TPSA) is 76.1 Å². The Morgan fingerprint density at radius 3 is 2.67 bits per heavy atom. The highest BCUT2D eigenvalue weighted by Gasteiger charge is 2.22. The van der Waals surface area contributed by atoms with Crippen LogP contribution >= 0.6 is 0 Å². The smallest absolute Gasteiger partial charge is 0.432 e. The van der Waals surface area contributed by atoms with Crippen molar-refractivity contribution in [2.75, 3.05) is 26.9 Å². The van der Waals surface area contributed by atoms with Gasteiger partial charge in [0.05, 0.1) is 11.0 Å². The Bertz CT molecular complexity index is 714. The lowest BCUT2D eigenvalue weighted by Crippen LogP contribution is -2.23. The van der Waals surface area contributed by atoms with Gasteiger partial charge < -0.3 is 14.4 Å². The lowest BCUT2D eigenvalue weighted by Gasteiger charge is -2.18. The van der Waals surface area contributed by atoms with Gasteiger partial charge in [0.15, 0.2) is 13.0 Å². The van der Waals surface area contributed by atoms with E-state index in [0.717, 1.165) is 32.2 Å². The van der Waals surface area contributed by atoms with Crippen LogP contribution in [0.5, 0.6) is 0 Å². The molecule has 1 saturated heterocycles. The second-order valence-electron chi connectivity index (χ2n) is 6.52. The van der Waals surface area contributed by atoms with Crippen molar-refractivity contribution in [3.05, 3.63) is 35.5 Å². The number of carbonyl (C=O) groups excluding carboxylic acids is 2. The number of carbonyl (C=O) groups is 2. The van der Waals surface area contributed by atoms with Gasteiger partial charge in [-0.25, -0.2) is 13.3 Å². The second-order valence-corrected chi connectivity index (χ2v) is 7.98. The maximum atomic E-state index is 12.9. The third-order valence-corrected chi connectivity index (χ3v) is 5.49. The average Bonchev–Trinajstić information content (AvgIpc) is 3.18. The monoisotopic (exact) mass is 394 g/mol. The Morgan fingerprint density at radius 2 is 2.04 bits per heavy atom. The molecule has 1 aliphatic heterocycles. The summed E-state index contributed by atoms with van der Waals surface area (Å²) in [4.78, 5) is 25.1. The van der Waals surface area contributed by atoms with Gasteiger partial charge in [-0.2, -0.15) is 0 Å². The lowest BCUT2D eigenvalue weighted by molar-refractivity contribution is 0.0142. The minimum absolute atomic E-state index is 0.00411. The molecular weight excluding hydrogens is 368 g/mol. The van der Waals surface area contributed by atoms with Crippen molar-refractivity contribution in [3.8, 4) is 0 Å². The first-order valence-corrected chi connectivity index (χ1v) is 10.00. The highest BCUT2D eigenvalue weighted by atomic mass is 32.2. The van der Waals surface area contributed by atoms with Gasteiger partial charge in [-0.1, -0.05) is 12.1 Å². The van der Waals surface area contributed by atoms with Gasteiger partial charge in [0.1, 0.15) is 11.0 Å². The first-order valence-electron chi connectivity index (χ1n) is 8.89. The summed E-state index contributed by atoms with van der Waals surface area (Å²) < 4.78 is 24.7. The molecule has 0 N–H and O–H groups in total. The zero-order valence-corrected chi connectivity index (χ0v) is 16.7. The molecule has 1 aromatic carbocycles. The zero-order valence-electron chi connectivity index (χ0n) is 15.9. The van der Waals surface area contributed by atoms with E-state index in [1.165, 1.54) is 0 Å². The second kappa shape index (κ2) is 10.2. The van der Waals surface area contributed by atoms with Crippen LogP contribution in [0.15, 0.2) is 29.3 Å². The number of rotatable bonds is 8. The predicted molar refractivity (Wildman–Crippen MR) is 103 cm³/mol. The molecule has 8 heteroatoms. The van der Waals surface area contributed by atoms with Gasteiger partial charge in [0, 0.05) is 37.5 Å². The molecule has 1 aromatic rings. The first-order chi connectivity index (χ1) is 12.9. The number of nitrogens with zero attached hydrogens (tertiary/aromatic N) is 2. The number of benzene rings is 1. The molecule has 148 valence electrons. The lowest BCUT2D eigenvalue weighted by atomic mass is 10.1. The van der Waals surface area contributed by atoms with Gasteiger partial charge in [0.2, 0.25) is 0 Å². The molecule has 0 spiro atoms. The minimum Gasteiger partial charge on any atom is -0.432 e. The summed E-state index contributed by atoms with van der Waals surface area (Å²) in [6.07, 6.45) is 5.20. The van der Waals surface area contributed by atoms with Crippen molar-refractivity contribution < 1.29 is 23.3 Å². The van der Waals surface area contributed by atoms with Crippen LogP contribution in [0.3, 0.4) is 0 Å². The largest absolute Gasteiger partial charge is 0.510 e. The van der Waals surface area contributed by atoms with Crippen molar-refractivity contribution in [1.82, 2.24) is 9.21 Å². The Balaban J connectivity index is 2.11. The van der Waals surface area contributed by atoms with Crippen LogP contribution in [0.1, 0.15) is 42.6 Å². The fourth-order valence-electron chi connectivity index (χ4n) is 2.61. The van der Waals surface area contributed by atoms with Crippen LogP contribution in [0.4, 0.5) is 4.79 Å². The molecule has 1 fully saturated rings. The van der Waals surface area contributed by atoms with E-state index in [-0.39, 0.29) is 12.8 Å². The van der Waals surface area contributed by atoms with Gasteiger partial charge in [-0.3, -0.25) is 4.79 Å². The van der Waals surface area contributed by atoms with Gasteiger partial charge in [0.25, 0.3) is 0 Å². The molecule has 0 aliphatic carbocycles. The molecule has 1 aliphatic rings. The molecule has 7 nitrogen and oxygen atoms in total. The van der Waals surface area contributed by atoms with Crippen LogP contribution in [0, 0.1) is 0 Å². The van der Waals surface area contributed by atoms with Crippen LogP contribution in [0.25, 0.3) is 6.08 Å². The van der Waals surface area contributed by atoms with E-state index in [9.17, 15) is 13.8 Å². The molecule has 0 bridgehead atoms. The van der Waals surface area contributed by atoms with Crippen molar-refractivity contribution in [1.29, 1.82) is 0 Å². The summed E-state index contributed by atoms with van der Waals surface area (Å²) in [6, 6.07) is 5.20. The third kappa shape index (κ3) is 6.18. The Labute approximate surface area is 162 Å². The van der Waals surface area contributed by atoms with Gasteiger partial charge in [-0.15, -0.1) is 0 Å². The molecule has 0 aromatic heterocycles. The van der Waals surface area contributed by atoms with Crippen molar-refractivity contribution in [2.45, 2.75) is 37.7 Å². The van der Waals surface area contributed by atoms with Crippen LogP contribution in [0.2, 0.25) is 0 Å². The molecule has 0 radical (unpaired) electrons. The van der Waals surface area contributed by atoms with Crippen LogP contribution < -0.4 is 0 Å². The number of hydrogen-bond acceptors (Lipinski definition) is 6. The third-order valence-electron chi connectivity index (χ3n) is 3.93.